The standard InChI is InChI=1S/C17H16N2O3S/c1-10-3-6-17(23-10)14-8-13(18-19(14)11(2)20)12-4-5-15-16(7-12)22-9-21-15/h3-7,14H,8-9H2,1-2H3. The van der Waals surface area contributed by atoms with Crippen LogP contribution in [-0.4, -0.2) is 23.4 Å². The number of benzene rings is 1. The second-order valence-electron chi connectivity index (χ2n) is 5.65. The Hall–Kier alpha value is -2.34. The fraction of sp³-hybridized carbons (Fsp3) is 0.294. The topological polar surface area (TPSA) is 51.1 Å². The van der Waals surface area contributed by atoms with Gasteiger partial charge in [0.2, 0.25) is 12.7 Å². The SMILES string of the molecule is CC(=O)N1N=C(c2ccc3c(c2)OCO3)CC1c1ccc(C)s1. The molecule has 5 nitrogen and oxygen atoms in total. The van der Waals surface area contributed by atoms with Gasteiger partial charge in [0.15, 0.2) is 11.5 Å². The Labute approximate surface area is 138 Å². The van der Waals surface area contributed by atoms with Crippen molar-refractivity contribution < 1.29 is 14.3 Å². The Morgan fingerprint density at radius 2 is 2.09 bits per heavy atom. The molecule has 0 spiro atoms. The van der Waals surface area contributed by atoms with Gasteiger partial charge in [0.1, 0.15) is 0 Å². The van der Waals surface area contributed by atoms with E-state index in [-0.39, 0.29) is 18.7 Å². The van der Waals surface area contributed by atoms with Crippen LogP contribution < -0.4 is 9.47 Å². The molecule has 0 aliphatic carbocycles. The minimum Gasteiger partial charge on any atom is -0.454 e. The number of carbonyl (C=O) groups is 1. The van der Waals surface area contributed by atoms with Gasteiger partial charge in [-0.05, 0) is 37.3 Å². The minimum absolute atomic E-state index is 0.0216. The van der Waals surface area contributed by atoms with Crippen molar-refractivity contribution in [1.29, 1.82) is 0 Å². The minimum atomic E-state index is -0.0446. The molecule has 0 saturated carbocycles. The number of hydrogen-bond donors (Lipinski definition) is 0. The van der Waals surface area contributed by atoms with Crippen LogP contribution in [0.1, 0.15) is 34.7 Å². The van der Waals surface area contributed by atoms with Crippen LogP contribution in [0.25, 0.3) is 0 Å². The van der Waals surface area contributed by atoms with Gasteiger partial charge in [-0.2, -0.15) is 5.10 Å². The van der Waals surface area contributed by atoms with E-state index >= 15 is 0 Å². The Morgan fingerprint density at radius 3 is 2.83 bits per heavy atom. The number of aryl methyl sites for hydroxylation is 1. The van der Waals surface area contributed by atoms with Crippen molar-refractivity contribution in [3.8, 4) is 11.5 Å². The number of hydrogen-bond acceptors (Lipinski definition) is 5. The number of nitrogens with zero attached hydrogens (tertiary/aromatic N) is 2. The lowest BCUT2D eigenvalue weighted by atomic mass is 10.0. The van der Waals surface area contributed by atoms with Crippen molar-refractivity contribution in [1.82, 2.24) is 5.01 Å². The van der Waals surface area contributed by atoms with Gasteiger partial charge in [-0.15, -0.1) is 11.3 Å². The number of ether oxygens (including phenoxy) is 2. The third-order valence-electron chi connectivity index (χ3n) is 4.03. The fourth-order valence-corrected chi connectivity index (χ4v) is 3.87. The summed E-state index contributed by atoms with van der Waals surface area (Å²) in [6.07, 6.45) is 0.708. The zero-order valence-corrected chi connectivity index (χ0v) is 13.7. The highest BCUT2D eigenvalue weighted by Gasteiger charge is 2.32. The first-order chi connectivity index (χ1) is 11.1. The number of hydrazone groups is 1. The second kappa shape index (κ2) is 5.38. The normalized spacial score (nSPS) is 19.1. The Balaban J connectivity index is 1.67. The first-order valence-electron chi connectivity index (χ1n) is 7.45. The van der Waals surface area contributed by atoms with Crippen LogP contribution >= 0.6 is 11.3 Å². The monoisotopic (exact) mass is 328 g/mol. The largest absolute Gasteiger partial charge is 0.454 e. The van der Waals surface area contributed by atoms with Crippen LogP contribution in [0.2, 0.25) is 0 Å². The zero-order chi connectivity index (χ0) is 16.0. The van der Waals surface area contributed by atoms with Crippen molar-refractivity contribution in [2.45, 2.75) is 26.3 Å². The van der Waals surface area contributed by atoms with E-state index < -0.39 is 0 Å². The van der Waals surface area contributed by atoms with Crippen LogP contribution in [-0.2, 0) is 4.79 Å². The highest BCUT2D eigenvalue weighted by atomic mass is 32.1. The summed E-state index contributed by atoms with van der Waals surface area (Å²) >= 11 is 1.71. The van der Waals surface area contributed by atoms with Gasteiger partial charge in [-0.3, -0.25) is 4.79 Å². The van der Waals surface area contributed by atoms with E-state index in [0.717, 1.165) is 27.7 Å². The Morgan fingerprint density at radius 1 is 1.26 bits per heavy atom. The summed E-state index contributed by atoms with van der Waals surface area (Å²) in [7, 11) is 0. The third-order valence-corrected chi connectivity index (χ3v) is 5.13. The summed E-state index contributed by atoms with van der Waals surface area (Å²) in [5.74, 6) is 1.44. The van der Waals surface area contributed by atoms with Crippen LogP contribution in [0.3, 0.4) is 0 Å². The number of thiophene rings is 1. The molecule has 0 bridgehead atoms. The molecule has 0 N–H and O–H groups in total. The number of rotatable bonds is 2. The van der Waals surface area contributed by atoms with Gasteiger partial charge in [0.25, 0.3) is 0 Å². The summed E-state index contributed by atoms with van der Waals surface area (Å²) in [5, 5.41) is 6.15. The molecule has 0 saturated heterocycles. The Bertz CT molecular complexity index is 812. The molecule has 23 heavy (non-hydrogen) atoms. The van der Waals surface area contributed by atoms with Crippen molar-refractivity contribution in [3.63, 3.8) is 0 Å². The van der Waals surface area contributed by atoms with E-state index in [1.165, 1.54) is 4.88 Å². The van der Waals surface area contributed by atoms with Gasteiger partial charge in [-0.25, -0.2) is 5.01 Å². The van der Waals surface area contributed by atoms with Gasteiger partial charge in [0.05, 0.1) is 11.8 Å². The van der Waals surface area contributed by atoms with E-state index in [0.29, 0.717) is 6.42 Å². The number of carbonyl (C=O) groups excluding carboxylic acids is 1. The van der Waals surface area contributed by atoms with E-state index in [2.05, 4.69) is 24.2 Å². The maximum Gasteiger partial charge on any atom is 0.240 e. The Kier molecular flexibility index (Phi) is 3.34. The molecule has 0 fully saturated rings. The molecular weight excluding hydrogens is 312 g/mol. The summed E-state index contributed by atoms with van der Waals surface area (Å²) in [4.78, 5) is 14.4. The predicted octanol–water partition coefficient (Wildman–Crippen LogP) is 3.48. The maximum atomic E-state index is 12.0. The molecule has 1 aromatic heterocycles. The smallest absolute Gasteiger partial charge is 0.240 e. The van der Waals surface area contributed by atoms with Crippen molar-refractivity contribution >= 4 is 23.0 Å². The third kappa shape index (κ3) is 2.49. The van der Waals surface area contributed by atoms with Crippen molar-refractivity contribution in [2.24, 2.45) is 5.10 Å². The lowest BCUT2D eigenvalue weighted by molar-refractivity contribution is -0.130. The van der Waals surface area contributed by atoms with E-state index in [1.807, 2.05) is 18.2 Å². The summed E-state index contributed by atoms with van der Waals surface area (Å²) in [6.45, 7) is 3.88. The fourth-order valence-electron chi connectivity index (χ4n) is 2.91. The summed E-state index contributed by atoms with van der Waals surface area (Å²) in [6, 6.07) is 9.93. The molecule has 6 heteroatoms. The zero-order valence-electron chi connectivity index (χ0n) is 12.9. The van der Waals surface area contributed by atoms with Gasteiger partial charge in [-0.1, -0.05) is 0 Å². The molecule has 3 heterocycles. The van der Waals surface area contributed by atoms with Crippen LogP contribution in [0.5, 0.6) is 11.5 Å². The predicted molar refractivity (Wildman–Crippen MR) is 88.0 cm³/mol. The summed E-state index contributed by atoms with van der Waals surface area (Å²) < 4.78 is 10.8. The van der Waals surface area contributed by atoms with Gasteiger partial charge in [0, 0.05) is 28.7 Å². The average Bonchev–Trinajstić information content (AvgIpc) is 3.24. The van der Waals surface area contributed by atoms with Gasteiger partial charge < -0.3 is 9.47 Å². The lowest BCUT2D eigenvalue weighted by Gasteiger charge is -2.18. The average molecular weight is 328 g/mol. The van der Waals surface area contributed by atoms with Crippen LogP contribution in [0, 0.1) is 6.92 Å². The van der Waals surface area contributed by atoms with Crippen LogP contribution in [0.15, 0.2) is 35.4 Å². The first-order valence-corrected chi connectivity index (χ1v) is 8.27. The molecule has 1 unspecified atom stereocenters. The van der Waals surface area contributed by atoms with Gasteiger partial charge >= 0.3 is 0 Å². The molecule has 2 aromatic rings. The molecule has 0 radical (unpaired) electrons. The van der Waals surface area contributed by atoms with Crippen molar-refractivity contribution in [2.75, 3.05) is 6.79 Å². The molecule has 2 aliphatic rings. The molecule has 118 valence electrons. The molecule has 4 rings (SSSR count). The van der Waals surface area contributed by atoms with E-state index in [9.17, 15) is 4.79 Å². The molecule has 1 atom stereocenters. The number of amides is 1. The molecule has 1 amide bonds. The highest BCUT2D eigenvalue weighted by molar-refractivity contribution is 7.12. The maximum absolute atomic E-state index is 12.0. The van der Waals surface area contributed by atoms with Crippen molar-refractivity contribution in [3.05, 3.63) is 45.6 Å². The number of fused-ring (bicyclic) bond motifs is 1. The highest BCUT2D eigenvalue weighted by Crippen LogP contribution is 2.38. The quantitative estimate of drug-likeness (QED) is 0.848. The van der Waals surface area contributed by atoms with E-state index in [1.54, 1.807) is 23.3 Å². The molecular formula is C17H16N2O3S. The molecule has 2 aliphatic heterocycles. The lowest BCUT2D eigenvalue weighted by Crippen LogP contribution is -2.23. The van der Waals surface area contributed by atoms with E-state index in [4.69, 9.17) is 9.47 Å². The second-order valence-corrected chi connectivity index (χ2v) is 6.97. The molecule has 1 aromatic carbocycles. The van der Waals surface area contributed by atoms with Crippen LogP contribution in [0.4, 0.5) is 0 Å². The first kappa shape index (κ1) is 14.3. The summed E-state index contributed by atoms with van der Waals surface area (Å²) in [5.41, 5.74) is 1.87.